The number of aliphatic hydroxyl groups is 1. The van der Waals surface area contributed by atoms with Gasteiger partial charge < -0.3 is 39.4 Å². The Hall–Kier alpha value is -7.91. The molecule has 2 amide bonds. The fourth-order valence-electron chi connectivity index (χ4n) is 13.4. The maximum Gasteiger partial charge on any atom is 0.414 e. The molecule has 24 heteroatoms. The van der Waals surface area contributed by atoms with Gasteiger partial charge in [0.25, 0.3) is 11.5 Å². The first-order valence-electron chi connectivity index (χ1n) is 27.4. The number of alkyl halides is 1. The molecule has 0 aliphatic carbocycles. The summed E-state index contributed by atoms with van der Waals surface area (Å²) in [5.41, 5.74) is 5.31. The molecular formula is C59H53ClF4N10O8S. The van der Waals surface area contributed by atoms with Crippen LogP contribution in [0.5, 0.6) is 6.01 Å². The first kappa shape index (κ1) is 54.3. The van der Waals surface area contributed by atoms with Gasteiger partial charge in [-0.2, -0.15) is 15.2 Å². The number of amides is 2. The number of pyridine rings is 2. The average Bonchev–Trinajstić information content (AvgIpc) is 3.12. The minimum Gasteiger partial charge on any atom is -0.461 e. The number of halogens is 5. The van der Waals surface area contributed by atoms with Gasteiger partial charge in [0.05, 0.1) is 61.1 Å². The van der Waals surface area contributed by atoms with Crippen molar-refractivity contribution >= 4 is 89.3 Å². The van der Waals surface area contributed by atoms with Crippen molar-refractivity contribution in [2.75, 3.05) is 61.4 Å². The zero-order valence-corrected chi connectivity index (χ0v) is 46.8. The minimum atomic E-state index is -2.02. The van der Waals surface area contributed by atoms with E-state index in [0.717, 1.165) is 23.8 Å². The summed E-state index contributed by atoms with van der Waals surface area (Å²) in [5, 5.41) is 22.2. The van der Waals surface area contributed by atoms with Gasteiger partial charge in [-0.05, 0) is 87.9 Å². The van der Waals surface area contributed by atoms with Gasteiger partial charge in [0.15, 0.2) is 11.4 Å². The van der Waals surface area contributed by atoms with Gasteiger partial charge in [-0.15, -0.1) is 11.3 Å². The van der Waals surface area contributed by atoms with Gasteiger partial charge in [-0.3, -0.25) is 19.4 Å². The topological polar surface area (TPSA) is 223 Å². The summed E-state index contributed by atoms with van der Waals surface area (Å²) in [7, 11) is 0. The van der Waals surface area contributed by atoms with Gasteiger partial charge >= 0.3 is 18.1 Å². The van der Waals surface area contributed by atoms with E-state index < -0.39 is 70.4 Å². The van der Waals surface area contributed by atoms with Crippen molar-refractivity contribution in [2.45, 2.75) is 102 Å². The first-order valence-corrected chi connectivity index (χ1v) is 28.6. The second-order valence-corrected chi connectivity index (χ2v) is 23.8. The Kier molecular flexibility index (Phi) is 13.0. The van der Waals surface area contributed by atoms with Gasteiger partial charge in [0.1, 0.15) is 59.5 Å². The van der Waals surface area contributed by atoms with Crippen molar-refractivity contribution in [3.63, 3.8) is 0 Å². The number of piperazine rings is 1. The quantitative estimate of drug-likeness (QED) is 0.0782. The van der Waals surface area contributed by atoms with Crippen LogP contribution >= 0.6 is 22.9 Å². The fraction of sp³-hybridized carbons (Fsp3) is 0.390. The van der Waals surface area contributed by atoms with E-state index in [1.54, 1.807) is 17.9 Å². The summed E-state index contributed by atoms with van der Waals surface area (Å²) >= 11 is 7.85. The number of thiophene rings is 1. The van der Waals surface area contributed by atoms with E-state index in [2.05, 4.69) is 16.5 Å². The standard InChI is InChI=1S/C59H53ClF4N10O8S/c1-5-59(79)38-18-43-47-30(23-74(43)54(76)37(38)25-80-55(59)77)16-34-32-8-6-13-73(49(32)41(63)19-42(34)67-47)57(78)82-29(4)28(3)53(75)70-14-15-72(27(2)22-70)52-35-17-39(60)45(33-9-10-40(62)50-44(33)36(21-65)51(66)83-50)46(64)48(35)68-56(69-52)81-26-58-11-7-12-71(58)24-31(61)20-58/h9-10,16-19,27,29,31,79H,3,5-8,11-15,20,22-26,66H2,1-2,4H3/t27-,29-,31+,58-,59-/m0/s1. The van der Waals surface area contributed by atoms with E-state index in [1.807, 2.05) is 24.0 Å². The zero-order chi connectivity index (χ0) is 58.3. The van der Waals surface area contributed by atoms with Gasteiger partial charge in [0, 0.05) is 84.1 Å². The number of ether oxygens (including phenoxy) is 3. The van der Waals surface area contributed by atoms with Crippen molar-refractivity contribution in [1.29, 1.82) is 5.26 Å². The summed E-state index contributed by atoms with van der Waals surface area (Å²) in [6.07, 6.45) is -0.525. The number of esters is 1. The number of cyclic esters (lactones) is 1. The highest BCUT2D eigenvalue weighted by Crippen LogP contribution is 2.48. The van der Waals surface area contributed by atoms with Crippen molar-refractivity contribution in [3.8, 4) is 34.6 Å². The van der Waals surface area contributed by atoms with Gasteiger partial charge in [-0.1, -0.05) is 31.2 Å². The van der Waals surface area contributed by atoms with Gasteiger partial charge in [0.2, 0.25) is 0 Å². The molecule has 0 radical (unpaired) electrons. The minimum absolute atomic E-state index is 0.000244. The van der Waals surface area contributed by atoms with Crippen molar-refractivity contribution in [2.24, 2.45) is 0 Å². The lowest BCUT2D eigenvalue weighted by atomic mass is 9.86. The molecule has 18 nitrogen and oxygen atoms in total. The fourth-order valence-corrected chi connectivity index (χ4v) is 14.6. The number of benzene rings is 3. The molecule has 7 aromatic rings. The van der Waals surface area contributed by atoms with E-state index in [1.165, 1.54) is 34.6 Å². The third-order valence-electron chi connectivity index (χ3n) is 17.6. The molecule has 3 N–H and O–H groups in total. The number of nitrogens with zero attached hydrogens (tertiary/aromatic N) is 9. The third kappa shape index (κ3) is 8.40. The molecule has 0 bridgehead atoms. The number of hydrogen-bond acceptors (Lipinski definition) is 16. The molecule has 4 aromatic heterocycles. The number of aromatic nitrogens is 4. The number of carbonyl (C=O) groups excluding carboxylic acids is 3. The Morgan fingerprint density at radius 3 is 2.63 bits per heavy atom. The van der Waals surface area contributed by atoms with Crippen molar-refractivity contribution < 1.29 is 51.3 Å². The average molecular weight is 1170 g/mol. The molecule has 83 heavy (non-hydrogen) atoms. The molecule has 6 aliphatic rings. The number of rotatable bonds is 9. The molecule has 6 aliphatic heterocycles. The molecule has 13 rings (SSSR count). The lowest BCUT2D eigenvalue weighted by Crippen LogP contribution is -2.55. The Morgan fingerprint density at radius 1 is 1.05 bits per heavy atom. The Labute approximate surface area is 480 Å². The molecule has 0 unspecified atom stereocenters. The van der Waals surface area contributed by atoms with E-state index in [0.29, 0.717) is 53.7 Å². The number of nitriles is 1. The van der Waals surface area contributed by atoms with Crippen LogP contribution in [0, 0.1) is 28.8 Å². The second kappa shape index (κ2) is 19.9. The number of hydrogen-bond donors (Lipinski definition) is 2. The number of carbonyl (C=O) groups is 3. The second-order valence-electron chi connectivity index (χ2n) is 22.3. The predicted molar refractivity (Wildman–Crippen MR) is 302 cm³/mol. The maximum atomic E-state index is 17.5. The molecule has 0 saturated carbocycles. The molecule has 10 heterocycles. The van der Waals surface area contributed by atoms with Crippen LogP contribution in [0.3, 0.4) is 0 Å². The number of nitrogen functional groups attached to an aromatic ring is 1. The molecule has 3 aromatic carbocycles. The van der Waals surface area contributed by atoms with E-state index in [9.17, 15) is 33.9 Å². The van der Waals surface area contributed by atoms with E-state index >= 15 is 13.2 Å². The van der Waals surface area contributed by atoms with Crippen molar-refractivity contribution in [3.05, 3.63) is 109 Å². The number of nitrogens with two attached hydrogens (primary N) is 1. The highest BCUT2D eigenvalue weighted by atomic mass is 35.5. The Bertz CT molecular complexity index is 4160. The molecule has 0 spiro atoms. The predicted octanol–water partition coefficient (Wildman–Crippen LogP) is 8.96. The summed E-state index contributed by atoms with van der Waals surface area (Å²) < 4.78 is 83.1. The third-order valence-corrected chi connectivity index (χ3v) is 19.0. The van der Waals surface area contributed by atoms with Crippen LogP contribution in [-0.4, -0.2) is 122 Å². The normalized spacial score (nSPS) is 22.3. The van der Waals surface area contributed by atoms with Crippen LogP contribution in [0.15, 0.2) is 53.3 Å². The lowest BCUT2D eigenvalue weighted by Gasteiger charge is -2.41. The first-order chi connectivity index (χ1) is 39.7. The smallest absolute Gasteiger partial charge is 0.414 e. The largest absolute Gasteiger partial charge is 0.461 e. The Balaban J connectivity index is 0.749. The number of aryl methyl sites for hydroxylation is 1. The summed E-state index contributed by atoms with van der Waals surface area (Å²) in [6.45, 7) is 10.3. The summed E-state index contributed by atoms with van der Waals surface area (Å²) in [5.74, 6) is -3.42. The van der Waals surface area contributed by atoms with Crippen LogP contribution in [0.2, 0.25) is 5.02 Å². The van der Waals surface area contributed by atoms with Gasteiger partial charge in [-0.25, -0.2) is 32.1 Å². The summed E-state index contributed by atoms with van der Waals surface area (Å²) in [4.78, 5) is 75.9. The molecule has 5 atom stereocenters. The van der Waals surface area contributed by atoms with Crippen LogP contribution in [-0.2, 0) is 44.2 Å². The number of fused-ring (bicyclic) bond motifs is 10. The van der Waals surface area contributed by atoms with Crippen LogP contribution < -0.4 is 25.8 Å². The monoisotopic (exact) mass is 1170 g/mol. The Morgan fingerprint density at radius 2 is 1.86 bits per heavy atom. The zero-order valence-electron chi connectivity index (χ0n) is 45.2. The SMILES string of the molecule is C=C(C(=O)N1CCN(c2nc(OC[C@@]34CCCN3C[C@H](F)C4)nc3c(F)c(-c4ccc(F)c5sc(N)c(C#N)c45)c(Cl)cc23)[C@@H](C)C1)[C@H](C)OC(=O)N1CCCc2c1c(F)cc1nc3c(cc21)Cn1c-3cc2c(c1=O)COC(=O)[C@]2(O)CC. The molecule has 3 saturated heterocycles. The highest BCUT2D eigenvalue weighted by molar-refractivity contribution is 7.23. The molecule has 3 fully saturated rings. The van der Waals surface area contributed by atoms with Crippen LogP contribution in [0.4, 0.5) is 38.9 Å². The highest BCUT2D eigenvalue weighted by Gasteiger charge is 2.50. The maximum absolute atomic E-state index is 17.5. The van der Waals surface area contributed by atoms with Crippen molar-refractivity contribution in [1.82, 2.24) is 29.3 Å². The number of anilines is 3. The van der Waals surface area contributed by atoms with E-state index in [-0.39, 0.29) is 153 Å². The summed E-state index contributed by atoms with van der Waals surface area (Å²) in [6, 6.07) is 9.93. The molecule has 428 valence electrons. The van der Waals surface area contributed by atoms with Crippen LogP contribution in [0.1, 0.15) is 80.7 Å². The van der Waals surface area contributed by atoms with Crippen LogP contribution in [0.25, 0.3) is 54.4 Å². The lowest BCUT2D eigenvalue weighted by molar-refractivity contribution is -0.172. The van der Waals surface area contributed by atoms with E-state index in [4.69, 9.17) is 41.5 Å². The molecular weight excluding hydrogens is 1120 g/mol.